The van der Waals surface area contributed by atoms with E-state index >= 15 is 0 Å². The van der Waals surface area contributed by atoms with Crippen LogP contribution in [-0.4, -0.2) is 26.8 Å². The monoisotopic (exact) mass is 292 g/mol. The Morgan fingerprint density at radius 3 is 2.58 bits per heavy atom. The van der Waals surface area contributed by atoms with Crippen molar-refractivity contribution in [1.29, 1.82) is 0 Å². The number of benzene rings is 1. The van der Waals surface area contributed by atoms with Crippen LogP contribution >= 0.6 is 0 Å². The van der Waals surface area contributed by atoms with Gasteiger partial charge in [-0.3, -0.25) is 0 Å². The van der Waals surface area contributed by atoms with Crippen molar-refractivity contribution in [2.75, 3.05) is 12.3 Å². The molecule has 0 amide bonds. The van der Waals surface area contributed by atoms with Crippen molar-refractivity contribution in [3.63, 3.8) is 0 Å². The second kappa shape index (κ2) is 6.93. The van der Waals surface area contributed by atoms with Crippen molar-refractivity contribution in [1.82, 2.24) is 10.0 Å². The second-order valence-electron chi connectivity index (χ2n) is 4.48. The summed E-state index contributed by atoms with van der Waals surface area (Å²) in [5.41, 5.74) is -0.0135. The standard InChI is InChI=1S/C12H18F2N2O2S/c1-9(2)15-5-6-19(17,18)16-8-10-7-11(13)3-4-12(10)14/h3-4,7,9,15-16H,5-6,8H2,1-2H3. The lowest BCUT2D eigenvalue weighted by molar-refractivity contribution is 0.559. The molecule has 7 heteroatoms. The van der Waals surface area contributed by atoms with E-state index in [0.717, 1.165) is 18.2 Å². The van der Waals surface area contributed by atoms with Crippen LogP contribution in [0.2, 0.25) is 0 Å². The molecule has 0 aromatic heterocycles. The van der Waals surface area contributed by atoms with E-state index in [1.54, 1.807) is 0 Å². The Bertz CT molecular complexity index is 518. The van der Waals surface area contributed by atoms with Crippen LogP contribution in [0.3, 0.4) is 0 Å². The first-order chi connectivity index (χ1) is 8.80. The minimum Gasteiger partial charge on any atom is -0.313 e. The molecule has 1 aromatic carbocycles. The molecule has 108 valence electrons. The summed E-state index contributed by atoms with van der Waals surface area (Å²) in [6, 6.07) is 3.12. The lowest BCUT2D eigenvalue weighted by Gasteiger charge is -2.10. The van der Waals surface area contributed by atoms with Gasteiger partial charge in [0.25, 0.3) is 0 Å². The molecule has 4 nitrogen and oxygen atoms in total. The number of nitrogens with one attached hydrogen (secondary N) is 2. The Hall–Kier alpha value is -1.05. The Balaban J connectivity index is 2.53. The predicted octanol–water partition coefficient (Wildman–Crippen LogP) is 1.38. The van der Waals surface area contributed by atoms with E-state index in [2.05, 4.69) is 10.0 Å². The lowest BCUT2D eigenvalue weighted by Crippen LogP contribution is -2.34. The molecule has 19 heavy (non-hydrogen) atoms. The normalized spacial score (nSPS) is 12.1. The maximum Gasteiger partial charge on any atom is 0.213 e. The van der Waals surface area contributed by atoms with Crippen molar-refractivity contribution >= 4 is 10.0 Å². The van der Waals surface area contributed by atoms with Crippen molar-refractivity contribution in [3.8, 4) is 0 Å². The highest BCUT2D eigenvalue weighted by Gasteiger charge is 2.12. The fraction of sp³-hybridized carbons (Fsp3) is 0.500. The number of rotatable bonds is 7. The average molecular weight is 292 g/mol. The van der Waals surface area contributed by atoms with Crippen LogP contribution in [0.15, 0.2) is 18.2 Å². The van der Waals surface area contributed by atoms with E-state index < -0.39 is 21.7 Å². The molecular formula is C12H18F2N2O2S. The van der Waals surface area contributed by atoms with Gasteiger partial charge in [0, 0.05) is 24.7 Å². The SMILES string of the molecule is CC(C)NCCS(=O)(=O)NCc1cc(F)ccc1F. The zero-order chi connectivity index (χ0) is 14.5. The van der Waals surface area contributed by atoms with Gasteiger partial charge < -0.3 is 5.32 Å². The third-order valence-electron chi connectivity index (χ3n) is 2.41. The largest absolute Gasteiger partial charge is 0.313 e. The first kappa shape index (κ1) is 16.0. The van der Waals surface area contributed by atoms with Gasteiger partial charge in [0.1, 0.15) is 11.6 Å². The summed E-state index contributed by atoms with van der Waals surface area (Å²) in [7, 11) is -3.51. The van der Waals surface area contributed by atoms with Crippen molar-refractivity contribution in [2.24, 2.45) is 0 Å². The molecule has 0 saturated carbocycles. The molecule has 0 spiro atoms. The second-order valence-corrected chi connectivity index (χ2v) is 6.41. The van der Waals surface area contributed by atoms with Crippen LogP contribution in [0.25, 0.3) is 0 Å². The van der Waals surface area contributed by atoms with Gasteiger partial charge in [-0.15, -0.1) is 0 Å². The van der Waals surface area contributed by atoms with Gasteiger partial charge >= 0.3 is 0 Å². The van der Waals surface area contributed by atoms with Gasteiger partial charge in [-0.25, -0.2) is 21.9 Å². The van der Waals surface area contributed by atoms with E-state index in [-0.39, 0.29) is 23.9 Å². The van der Waals surface area contributed by atoms with E-state index in [1.165, 1.54) is 0 Å². The average Bonchev–Trinajstić information content (AvgIpc) is 2.30. The van der Waals surface area contributed by atoms with Gasteiger partial charge in [-0.2, -0.15) is 0 Å². The summed E-state index contributed by atoms with van der Waals surface area (Å²) in [5.74, 6) is -1.34. The minimum atomic E-state index is -3.51. The van der Waals surface area contributed by atoms with Gasteiger partial charge in [0.15, 0.2) is 0 Å². The molecule has 0 radical (unpaired) electrons. The van der Waals surface area contributed by atoms with E-state index in [1.807, 2.05) is 13.8 Å². The fourth-order valence-electron chi connectivity index (χ4n) is 1.42. The molecule has 0 bridgehead atoms. The van der Waals surface area contributed by atoms with E-state index in [0.29, 0.717) is 6.54 Å². The quantitative estimate of drug-likeness (QED) is 0.798. The molecule has 0 aliphatic heterocycles. The summed E-state index contributed by atoms with van der Waals surface area (Å²) in [4.78, 5) is 0. The number of halogens is 2. The highest BCUT2D eigenvalue weighted by Crippen LogP contribution is 2.09. The minimum absolute atomic E-state index is 0.0135. The Morgan fingerprint density at radius 2 is 1.95 bits per heavy atom. The summed E-state index contributed by atoms with van der Waals surface area (Å²) >= 11 is 0. The van der Waals surface area contributed by atoms with Gasteiger partial charge in [0.2, 0.25) is 10.0 Å². The van der Waals surface area contributed by atoms with Crippen LogP contribution in [0.5, 0.6) is 0 Å². The van der Waals surface area contributed by atoms with Crippen LogP contribution < -0.4 is 10.0 Å². The molecule has 0 aliphatic rings. The molecule has 0 atom stereocenters. The van der Waals surface area contributed by atoms with Gasteiger partial charge in [-0.1, -0.05) is 13.8 Å². The molecule has 0 aliphatic carbocycles. The summed E-state index contributed by atoms with van der Waals surface area (Å²) in [6.45, 7) is 3.86. The van der Waals surface area contributed by atoms with Crippen molar-refractivity contribution in [3.05, 3.63) is 35.4 Å². The number of hydrogen-bond donors (Lipinski definition) is 2. The Labute approximate surface area is 112 Å². The molecular weight excluding hydrogens is 274 g/mol. The summed E-state index contributed by atoms with van der Waals surface area (Å²) in [6.07, 6.45) is 0. The molecule has 0 heterocycles. The van der Waals surface area contributed by atoms with Crippen LogP contribution in [-0.2, 0) is 16.6 Å². The smallest absolute Gasteiger partial charge is 0.213 e. The zero-order valence-corrected chi connectivity index (χ0v) is 11.7. The molecule has 2 N–H and O–H groups in total. The number of hydrogen-bond acceptors (Lipinski definition) is 3. The first-order valence-corrected chi connectivity index (χ1v) is 7.60. The lowest BCUT2D eigenvalue weighted by atomic mass is 10.2. The third kappa shape index (κ3) is 6.09. The maximum absolute atomic E-state index is 13.3. The topological polar surface area (TPSA) is 58.2 Å². The van der Waals surface area contributed by atoms with Gasteiger partial charge in [-0.05, 0) is 18.2 Å². The van der Waals surface area contributed by atoms with Crippen LogP contribution in [0.1, 0.15) is 19.4 Å². The van der Waals surface area contributed by atoms with Crippen molar-refractivity contribution in [2.45, 2.75) is 26.4 Å². The highest BCUT2D eigenvalue weighted by molar-refractivity contribution is 7.89. The fourth-order valence-corrected chi connectivity index (χ4v) is 2.33. The summed E-state index contributed by atoms with van der Waals surface area (Å²) in [5, 5.41) is 2.97. The molecule has 0 unspecified atom stereocenters. The molecule has 1 aromatic rings. The molecule has 0 fully saturated rings. The molecule has 1 rings (SSSR count). The Kier molecular flexibility index (Phi) is 5.84. The Morgan fingerprint density at radius 1 is 1.26 bits per heavy atom. The third-order valence-corrected chi connectivity index (χ3v) is 3.74. The predicted molar refractivity (Wildman–Crippen MR) is 70.1 cm³/mol. The van der Waals surface area contributed by atoms with Crippen molar-refractivity contribution < 1.29 is 17.2 Å². The first-order valence-electron chi connectivity index (χ1n) is 5.95. The van der Waals surface area contributed by atoms with Gasteiger partial charge in [0.05, 0.1) is 5.75 Å². The maximum atomic E-state index is 13.3. The van der Waals surface area contributed by atoms with E-state index in [9.17, 15) is 17.2 Å². The van der Waals surface area contributed by atoms with Crippen LogP contribution in [0, 0.1) is 11.6 Å². The van der Waals surface area contributed by atoms with E-state index in [4.69, 9.17) is 0 Å². The number of sulfonamides is 1. The highest BCUT2D eigenvalue weighted by atomic mass is 32.2. The zero-order valence-electron chi connectivity index (χ0n) is 10.9. The molecule has 0 saturated heterocycles. The van der Waals surface area contributed by atoms with Crippen LogP contribution in [0.4, 0.5) is 8.78 Å². The summed E-state index contributed by atoms with van der Waals surface area (Å²) < 4.78 is 51.7.